The van der Waals surface area contributed by atoms with Crippen LogP contribution in [0.1, 0.15) is 27.2 Å². The first kappa shape index (κ1) is 15.7. The van der Waals surface area contributed by atoms with Crippen LogP contribution >= 0.6 is 0 Å². The fraction of sp³-hybridized carbons (Fsp3) is 0.818. The summed E-state index contributed by atoms with van der Waals surface area (Å²) in [5.41, 5.74) is 0. The number of urea groups is 1. The van der Waals surface area contributed by atoms with Gasteiger partial charge in [-0.05, 0) is 20.3 Å². The Bertz CT molecular complexity index is 258. The Hall–Kier alpha value is -1.30. The number of carboxylic acid groups (broad SMARTS) is 1. The third kappa shape index (κ3) is 6.11. The zero-order chi connectivity index (χ0) is 13.4. The van der Waals surface area contributed by atoms with Gasteiger partial charge in [0.25, 0.3) is 0 Å². The number of carboxylic acids is 1. The highest BCUT2D eigenvalue weighted by molar-refractivity contribution is 5.80. The molecule has 0 aromatic carbocycles. The third-order valence-corrected chi connectivity index (χ3v) is 2.48. The first-order chi connectivity index (χ1) is 7.92. The molecule has 0 fully saturated rings. The monoisotopic (exact) mass is 246 g/mol. The number of hydrogen-bond acceptors (Lipinski definition) is 3. The van der Waals surface area contributed by atoms with Crippen LogP contribution in [0.3, 0.4) is 0 Å². The van der Waals surface area contributed by atoms with Gasteiger partial charge < -0.3 is 20.1 Å². The second-order valence-electron chi connectivity index (χ2n) is 4.08. The summed E-state index contributed by atoms with van der Waals surface area (Å²) in [5.74, 6) is -1.01. The summed E-state index contributed by atoms with van der Waals surface area (Å²) in [6.07, 6.45) is 0.708. The van der Waals surface area contributed by atoms with Crippen molar-refractivity contribution in [2.75, 3.05) is 20.3 Å². The Labute approximate surface area is 102 Å². The fourth-order valence-corrected chi connectivity index (χ4v) is 1.38. The molecule has 0 aliphatic rings. The predicted octanol–water partition coefficient (Wildman–Crippen LogP) is 0.916. The van der Waals surface area contributed by atoms with Crippen molar-refractivity contribution in [3.8, 4) is 0 Å². The van der Waals surface area contributed by atoms with E-state index in [-0.39, 0.29) is 24.7 Å². The Morgan fingerprint density at radius 1 is 1.41 bits per heavy atom. The predicted molar refractivity (Wildman–Crippen MR) is 64.0 cm³/mol. The SMILES string of the molecule is CCC(C)N(CC(=O)O)C(=O)NC(C)COC. The Kier molecular flexibility index (Phi) is 7.29. The van der Waals surface area contributed by atoms with Gasteiger partial charge in [-0.15, -0.1) is 0 Å². The number of nitrogens with one attached hydrogen (secondary N) is 1. The van der Waals surface area contributed by atoms with E-state index >= 15 is 0 Å². The van der Waals surface area contributed by atoms with Crippen molar-refractivity contribution in [3.05, 3.63) is 0 Å². The maximum Gasteiger partial charge on any atom is 0.323 e. The first-order valence-electron chi connectivity index (χ1n) is 5.70. The zero-order valence-electron chi connectivity index (χ0n) is 10.9. The molecule has 0 spiro atoms. The van der Waals surface area contributed by atoms with Gasteiger partial charge in [0.05, 0.1) is 12.6 Å². The lowest BCUT2D eigenvalue weighted by Gasteiger charge is -2.28. The minimum atomic E-state index is -1.01. The lowest BCUT2D eigenvalue weighted by Crippen LogP contribution is -2.50. The highest BCUT2D eigenvalue weighted by Crippen LogP contribution is 2.04. The van der Waals surface area contributed by atoms with Crippen LogP contribution in [0.5, 0.6) is 0 Å². The standard InChI is InChI=1S/C11H22N2O4/c1-5-9(3)13(6-10(14)15)11(16)12-8(2)7-17-4/h8-9H,5-7H2,1-4H3,(H,12,16)(H,14,15). The molecule has 0 aromatic heterocycles. The molecule has 0 saturated heterocycles. The van der Waals surface area contributed by atoms with E-state index in [4.69, 9.17) is 9.84 Å². The molecule has 0 radical (unpaired) electrons. The van der Waals surface area contributed by atoms with E-state index in [1.165, 1.54) is 4.90 Å². The van der Waals surface area contributed by atoms with Crippen LogP contribution in [0.15, 0.2) is 0 Å². The molecule has 2 unspecified atom stereocenters. The quantitative estimate of drug-likeness (QED) is 0.700. The van der Waals surface area contributed by atoms with Crippen LogP contribution in [0, 0.1) is 0 Å². The van der Waals surface area contributed by atoms with Gasteiger partial charge in [-0.25, -0.2) is 4.79 Å². The molecule has 6 heteroatoms. The second kappa shape index (κ2) is 7.89. The molecular formula is C11H22N2O4. The van der Waals surface area contributed by atoms with E-state index < -0.39 is 5.97 Å². The molecule has 2 N–H and O–H groups in total. The van der Waals surface area contributed by atoms with Crippen LogP contribution in [0.25, 0.3) is 0 Å². The highest BCUT2D eigenvalue weighted by atomic mass is 16.5. The minimum absolute atomic E-state index is 0.110. The molecule has 0 heterocycles. The topological polar surface area (TPSA) is 78.9 Å². The van der Waals surface area contributed by atoms with Gasteiger partial charge >= 0.3 is 12.0 Å². The van der Waals surface area contributed by atoms with Crippen molar-refractivity contribution in [1.29, 1.82) is 0 Å². The van der Waals surface area contributed by atoms with Crippen molar-refractivity contribution in [1.82, 2.24) is 10.2 Å². The summed E-state index contributed by atoms with van der Waals surface area (Å²) in [4.78, 5) is 23.9. The van der Waals surface area contributed by atoms with E-state index in [2.05, 4.69) is 5.32 Å². The van der Waals surface area contributed by atoms with Gasteiger partial charge in [0.2, 0.25) is 0 Å². The molecule has 2 amide bonds. The minimum Gasteiger partial charge on any atom is -0.480 e. The van der Waals surface area contributed by atoms with Crippen LogP contribution in [0.4, 0.5) is 4.79 Å². The maximum atomic E-state index is 11.9. The number of hydrogen-bond donors (Lipinski definition) is 2. The number of rotatable bonds is 7. The van der Waals surface area contributed by atoms with Gasteiger partial charge in [-0.2, -0.15) is 0 Å². The van der Waals surface area contributed by atoms with Crippen LogP contribution < -0.4 is 5.32 Å². The number of aliphatic carboxylic acids is 1. The molecule has 6 nitrogen and oxygen atoms in total. The number of ether oxygens (including phenoxy) is 1. The van der Waals surface area contributed by atoms with Gasteiger partial charge in [0.15, 0.2) is 0 Å². The molecule has 17 heavy (non-hydrogen) atoms. The van der Waals surface area contributed by atoms with Crippen LogP contribution in [-0.4, -0.2) is 54.4 Å². The molecule has 0 saturated carbocycles. The van der Waals surface area contributed by atoms with E-state index in [1.54, 1.807) is 14.0 Å². The molecule has 0 aliphatic heterocycles. The van der Waals surface area contributed by atoms with E-state index in [0.29, 0.717) is 13.0 Å². The molecule has 0 aliphatic carbocycles. The van der Waals surface area contributed by atoms with E-state index in [1.807, 2.05) is 13.8 Å². The summed E-state index contributed by atoms with van der Waals surface area (Å²) in [5, 5.41) is 11.5. The van der Waals surface area contributed by atoms with Crippen molar-refractivity contribution in [3.63, 3.8) is 0 Å². The second-order valence-corrected chi connectivity index (χ2v) is 4.08. The normalized spacial score (nSPS) is 13.9. The molecule has 100 valence electrons. The molecule has 0 aromatic rings. The van der Waals surface area contributed by atoms with Gasteiger partial charge in [0.1, 0.15) is 6.54 Å². The average Bonchev–Trinajstić information content (AvgIpc) is 2.24. The number of carbonyl (C=O) groups excluding carboxylic acids is 1. The maximum absolute atomic E-state index is 11.9. The van der Waals surface area contributed by atoms with E-state index in [9.17, 15) is 9.59 Å². The first-order valence-corrected chi connectivity index (χ1v) is 5.70. The van der Waals surface area contributed by atoms with Gasteiger partial charge in [-0.3, -0.25) is 4.79 Å². The Balaban J connectivity index is 4.46. The lowest BCUT2D eigenvalue weighted by molar-refractivity contribution is -0.138. The van der Waals surface area contributed by atoms with E-state index in [0.717, 1.165) is 0 Å². The molecule has 2 atom stereocenters. The molecule has 0 bridgehead atoms. The highest BCUT2D eigenvalue weighted by Gasteiger charge is 2.22. The summed E-state index contributed by atoms with van der Waals surface area (Å²) < 4.78 is 4.90. The smallest absolute Gasteiger partial charge is 0.323 e. The summed E-state index contributed by atoms with van der Waals surface area (Å²) in [6, 6.07) is -0.625. The zero-order valence-corrected chi connectivity index (χ0v) is 10.9. The summed E-state index contributed by atoms with van der Waals surface area (Å²) >= 11 is 0. The number of amides is 2. The number of nitrogens with zero attached hydrogens (tertiary/aromatic N) is 1. The summed E-state index contributed by atoms with van der Waals surface area (Å²) in [7, 11) is 1.55. The van der Waals surface area contributed by atoms with Gasteiger partial charge in [-0.1, -0.05) is 6.92 Å². The average molecular weight is 246 g/mol. The van der Waals surface area contributed by atoms with Crippen molar-refractivity contribution in [2.45, 2.75) is 39.3 Å². The number of carbonyl (C=O) groups is 2. The van der Waals surface area contributed by atoms with Crippen LogP contribution in [0.2, 0.25) is 0 Å². The third-order valence-electron chi connectivity index (χ3n) is 2.48. The fourth-order valence-electron chi connectivity index (χ4n) is 1.38. The van der Waals surface area contributed by atoms with Crippen LogP contribution in [-0.2, 0) is 9.53 Å². The Morgan fingerprint density at radius 3 is 2.41 bits per heavy atom. The van der Waals surface area contributed by atoms with Crippen molar-refractivity contribution >= 4 is 12.0 Å². The number of methoxy groups -OCH3 is 1. The largest absolute Gasteiger partial charge is 0.480 e. The molecule has 0 rings (SSSR count). The van der Waals surface area contributed by atoms with Crippen molar-refractivity contribution < 1.29 is 19.4 Å². The lowest BCUT2D eigenvalue weighted by atomic mass is 10.2. The molecular weight excluding hydrogens is 224 g/mol. The van der Waals surface area contributed by atoms with Crippen molar-refractivity contribution in [2.24, 2.45) is 0 Å². The summed E-state index contributed by atoms with van der Waals surface area (Å²) in [6.45, 7) is 5.64. The van der Waals surface area contributed by atoms with Gasteiger partial charge in [0, 0.05) is 13.2 Å². The Morgan fingerprint density at radius 2 is 2.00 bits per heavy atom.